The Bertz CT molecular complexity index is 457. The first-order chi connectivity index (χ1) is 8.99. The molecule has 1 aliphatic heterocycles. The van der Waals surface area contributed by atoms with Crippen LogP contribution in [0.5, 0.6) is 0 Å². The molecule has 1 saturated heterocycles. The number of carbonyl (C=O) groups is 1. The number of amides is 1. The minimum atomic E-state index is -0.371. The van der Waals surface area contributed by atoms with Gasteiger partial charge in [-0.05, 0) is 26.8 Å². The third-order valence-electron chi connectivity index (χ3n) is 3.63. The molecule has 0 saturated carbocycles. The summed E-state index contributed by atoms with van der Waals surface area (Å²) in [7, 11) is 0. The standard InChI is InChI=1S/C13H22N4O2/c1-8-4-9(2)17(16-8)10(3)13(19)15-6-11-5-14-7-12(11)18/h4,10-12,14,18H,5-7H2,1-3H3,(H,15,19). The average Bonchev–Trinajstić information content (AvgIpc) is 2.91. The number of nitrogens with one attached hydrogen (secondary N) is 2. The van der Waals surface area contributed by atoms with Gasteiger partial charge in [-0.2, -0.15) is 5.10 Å². The third-order valence-corrected chi connectivity index (χ3v) is 3.63. The first kappa shape index (κ1) is 14.0. The Balaban J connectivity index is 1.90. The monoisotopic (exact) mass is 266 g/mol. The molecule has 0 aromatic carbocycles. The molecule has 106 valence electrons. The summed E-state index contributed by atoms with van der Waals surface area (Å²) in [5.74, 6) is 0.0295. The van der Waals surface area contributed by atoms with Crippen molar-refractivity contribution in [2.24, 2.45) is 5.92 Å². The number of aliphatic hydroxyl groups excluding tert-OH is 1. The highest BCUT2D eigenvalue weighted by molar-refractivity contribution is 5.79. The van der Waals surface area contributed by atoms with Crippen molar-refractivity contribution in [3.05, 3.63) is 17.5 Å². The van der Waals surface area contributed by atoms with Crippen molar-refractivity contribution in [2.45, 2.75) is 32.9 Å². The second kappa shape index (κ2) is 5.71. The summed E-state index contributed by atoms with van der Waals surface area (Å²) in [6.07, 6.45) is -0.371. The van der Waals surface area contributed by atoms with Crippen molar-refractivity contribution < 1.29 is 9.90 Å². The Morgan fingerprint density at radius 1 is 1.63 bits per heavy atom. The zero-order valence-electron chi connectivity index (χ0n) is 11.7. The van der Waals surface area contributed by atoms with Crippen LogP contribution in [0.3, 0.4) is 0 Å². The predicted molar refractivity (Wildman–Crippen MR) is 71.8 cm³/mol. The van der Waals surface area contributed by atoms with Crippen molar-refractivity contribution in [3.8, 4) is 0 Å². The van der Waals surface area contributed by atoms with E-state index in [9.17, 15) is 9.90 Å². The quantitative estimate of drug-likeness (QED) is 0.702. The van der Waals surface area contributed by atoms with Gasteiger partial charge in [-0.3, -0.25) is 9.48 Å². The van der Waals surface area contributed by atoms with Crippen LogP contribution in [0.4, 0.5) is 0 Å². The van der Waals surface area contributed by atoms with Crippen molar-refractivity contribution >= 4 is 5.91 Å². The largest absolute Gasteiger partial charge is 0.391 e. The van der Waals surface area contributed by atoms with Gasteiger partial charge in [0.2, 0.25) is 5.91 Å². The van der Waals surface area contributed by atoms with E-state index in [0.29, 0.717) is 13.1 Å². The van der Waals surface area contributed by atoms with E-state index in [2.05, 4.69) is 15.7 Å². The molecular weight excluding hydrogens is 244 g/mol. The lowest BCUT2D eigenvalue weighted by molar-refractivity contribution is -0.124. The Labute approximate surface area is 113 Å². The van der Waals surface area contributed by atoms with E-state index >= 15 is 0 Å². The minimum absolute atomic E-state index is 0.0645. The summed E-state index contributed by atoms with van der Waals surface area (Å²) in [5.41, 5.74) is 1.88. The van der Waals surface area contributed by atoms with Crippen LogP contribution in [-0.4, -0.2) is 46.5 Å². The Hall–Kier alpha value is -1.40. The number of nitrogens with zero attached hydrogens (tertiary/aromatic N) is 2. The SMILES string of the molecule is Cc1cc(C)n(C(C)C(=O)NCC2CNCC2O)n1. The first-order valence-electron chi connectivity index (χ1n) is 6.68. The summed E-state index contributed by atoms with van der Waals surface area (Å²) in [6.45, 7) is 7.53. The number of hydrogen-bond donors (Lipinski definition) is 3. The van der Waals surface area contributed by atoms with Crippen molar-refractivity contribution in [3.63, 3.8) is 0 Å². The maximum atomic E-state index is 12.1. The molecule has 0 spiro atoms. The highest BCUT2D eigenvalue weighted by Crippen LogP contribution is 2.12. The maximum absolute atomic E-state index is 12.1. The summed E-state index contributed by atoms with van der Waals surface area (Å²) in [5, 5.41) is 20.0. The molecular formula is C13H22N4O2. The van der Waals surface area contributed by atoms with E-state index in [0.717, 1.165) is 17.9 Å². The van der Waals surface area contributed by atoms with Gasteiger partial charge in [0.05, 0.1) is 11.8 Å². The lowest BCUT2D eigenvalue weighted by Crippen LogP contribution is -2.38. The van der Waals surface area contributed by atoms with Gasteiger partial charge in [-0.25, -0.2) is 0 Å². The number of aryl methyl sites for hydroxylation is 2. The first-order valence-corrected chi connectivity index (χ1v) is 6.68. The molecule has 3 unspecified atom stereocenters. The van der Waals surface area contributed by atoms with E-state index in [1.807, 2.05) is 26.8 Å². The third kappa shape index (κ3) is 3.13. The molecule has 19 heavy (non-hydrogen) atoms. The van der Waals surface area contributed by atoms with Crippen LogP contribution >= 0.6 is 0 Å². The van der Waals surface area contributed by atoms with Crippen LogP contribution < -0.4 is 10.6 Å². The molecule has 1 fully saturated rings. The van der Waals surface area contributed by atoms with Crippen LogP contribution in [-0.2, 0) is 4.79 Å². The van der Waals surface area contributed by atoms with Crippen molar-refractivity contribution in [1.29, 1.82) is 0 Å². The topological polar surface area (TPSA) is 79.2 Å². The summed E-state index contributed by atoms with van der Waals surface area (Å²) in [4.78, 5) is 12.1. The van der Waals surface area contributed by atoms with Crippen LogP contribution in [0.1, 0.15) is 24.4 Å². The zero-order valence-corrected chi connectivity index (χ0v) is 11.7. The molecule has 2 rings (SSSR count). The van der Waals surface area contributed by atoms with Crippen molar-refractivity contribution in [1.82, 2.24) is 20.4 Å². The zero-order chi connectivity index (χ0) is 14.0. The second-order valence-corrected chi connectivity index (χ2v) is 5.28. The van der Waals surface area contributed by atoms with Gasteiger partial charge >= 0.3 is 0 Å². The molecule has 0 bridgehead atoms. The molecule has 3 N–H and O–H groups in total. The molecule has 6 nitrogen and oxygen atoms in total. The van der Waals surface area contributed by atoms with Gasteiger partial charge in [0.15, 0.2) is 0 Å². The Morgan fingerprint density at radius 2 is 2.37 bits per heavy atom. The maximum Gasteiger partial charge on any atom is 0.244 e. The van der Waals surface area contributed by atoms with E-state index in [1.165, 1.54) is 0 Å². The second-order valence-electron chi connectivity index (χ2n) is 5.28. The van der Waals surface area contributed by atoms with E-state index < -0.39 is 0 Å². The summed E-state index contributed by atoms with van der Waals surface area (Å²) >= 11 is 0. The van der Waals surface area contributed by atoms with Gasteiger partial charge in [0.25, 0.3) is 0 Å². The van der Waals surface area contributed by atoms with E-state index in [-0.39, 0.29) is 24.0 Å². The van der Waals surface area contributed by atoms with Crippen LogP contribution in [0, 0.1) is 19.8 Å². The number of β-amino-alcohol motifs (C(OH)–C–C–N with tert-alkyl or cyclic N) is 1. The number of hydrogen-bond acceptors (Lipinski definition) is 4. The predicted octanol–water partition coefficient (Wildman–Crippen LogP) is -0.243. The molecule has 1 aromatic rings. The normalized spacial score (nSPS) is 24.4. The minimum Gasteiger partial charge on any atom is -0.391 e. The van der Waals surface area contributed by atoms with Crippen LogP contribution in [0.15, 0.2) is 6.07 Å². The number of aliphatic hydroxyl groups is 1. The van der Waals surface area contributed by atoms with Gasteiger partial charge in [-0.15, -0.1) is 0 Å². The molecule has 6 heteroatoms. The molecule has 3 atom stereocenters. The van der Waals surface area contributed by atoms with Gasteiger partial charge in [0, 0.05) is 31.2 Å². The molecule has 1 aromatic heterocycles. The van der Waals surface area contributed by atoms with Crippen LogP contribution in [0.25, 0.3) is 0 Å². The fraction of sp³-hybridized carbons (Fsp3) is 0.692. The Kier molecular flexibility index (Phi) is 4.21. The summed E-state index contributed by atoms with van der Waals surface area (Å²) < 4.78 is 1.73. The van der Waals surface area contributed by atoms with Crippen molar-refractivity contribution in [2.75, 3.05) is 19.6 Å². The van der Waals surface area contributed by atoms with E-state index in [1.54, 1.807) is 4.68 Å². The fourth-order valence-electron chi connectivity index (χ4n) is 2.46. The lowest BCUT2D eigenvalue weighted by Gasteiger charge is -2.18. The van der Waals surface area contributed by atoms with Gasteiger partial charge in [-0.1, -0.05) is 0 Å². The molecule has 0 aliphatic carbocycles. The molecule has 2 heterocycles. The Morgan fingerprint density at radius 3 is 2.89 bits per heavy atom. The smallest absolute Gasteiger partial charge is 0.244 e. The van der Waals surface area contributed by atoms with Gasteiger partial charge < -0.3 is 15.7 Å². The molecule has 1 amide bonds. The number of aromatic nitrogens is 2. The van der Waals surface area contributed by atoms with Crippen LogP contribution in [0.2, 0.25) is 0 Å². The molecule has 1 aliphatic rings. The number of carbonyl (C=O) groups excluding carboxylic acids is 1. The summed E-state index contributed by atoms with van der Waals surface area (Å²) in [6, 6.07) is 1.62. The molecule has 0 radical (unpaired) electrons. The van der Waals surface area contributed by atoms with E-state index in [4.69, 9.17) is 0 Å². The highest BCUT2D eigenvalue weighted by Gasteiger charge is 2.26. The van der Waals surface area contributed by atoms with Gasteiger partial charge in [0.1, 0.15) is 6.04 Å². The lowest BCUT2D eigenvalue weighted by atomic mass is 10.1. The highest BCUT2D eigenvalue weighted by atomic mass is 16.3. The number of rotatable bonds is 4. The fourth-order valence-corrected chi connectivity index (χ4v) is 2.46. The average molecular weight is 266 g/mol.